The Balaban J connectivity index is 2.09. The zero-order valence-corrected chi connectivity index (χ0v) is 91.6. The van der Waals surface area contributed by atoms with Gasteiger partial charge in [0.25, 0.3) is 35.4 Å². The van der Waals surface area contributed by atoms with E-state index in [0.29, 0.717) is 103 Å². The van der Waals surface area contributed by atoms with Crippen LogP contribution in [-0.2, 0) is 19.2 Å². The fourth-order valence-corrected chi connectivity index (χ4v) is 17.9. The fraction of sp³-hybridized carbons (Fsp3) is 0.761. The lowest BCUT2D eigenvalue weighted by atomic mass is 10.1. The molecule has 10 amide bonds. The number of benzene rings is 3. The van der Waals surface area contributed by atoms with Crippen LogP contribution in [0.1, 0.15) is 542 Å². The van der Waals surface area contributed by atoms with E-state index < -0.39 is 35.4 Å². The van der Waals surface area contributed by atoms with Crippen molar-refractivity contribution in [2.75, 3.05) is 99.0 Å². The molecule has 0 fully saturated rings. The molecule has 0 aliphatic rings. The number of hydrogen-bond donors (Lipinski definition) is 6. The fourth-order valence-electron chi connectivity index (χ4n) is 17.9. The second-order valence-electron chi connectivity index (χ2n) is 39.5. The van der Waals surface area contributed by atoms with E-state index in [2.05, 4.69) is 97.5 Å². The molecular weight excluding hydrogens is 1790 g/mol. The number of ether oxygens (including phenoxy) is 5. The molecule has 0 aromatic heterocycles. The first kappa shape index (κ1) is 128. The van der Waals surface area contributed by atoms with Gasteiger partial charge in [0.15, 0.2) is 0 Å². The van der Waals surface area contributed by atoms with Crippen LogP contribution in [0.4, 0.5) is 0 Å². The van der Waals surface area contributed by atoms with Crippen molar-refractivity contribution in [1.29, 1.82) is 0 Å². The molecular formula is C117H202N10O15. The molecule has 3 rings (SSSR count). The number of amides is 10. The van der Waals surface area contributed by atoms with E-state index in [1.807, 2.05) is 23.6 Å². The van der Waals surface area contributed by atoms with Gasteiger partial charge in [-0.15, -0.1) is 0 Å². The molecule has 0 bridgehead atoms. The third-order valence-corrected chi connectivity index (χ3v) is 26.9. The van der Waals surface area contributed by atoms with Gasteiger partial charge in [0.2, 0.25) is 23.6 Å². The van der Waals surface area contributed by atoms with Gasteiger partial charge in [-0.2, -0.15) is 0 Å². The number of rotatable bonds is 93. The van der Waals surface area contributed by atoms with E-state index in [0.717, 1.165) is 219 Å². The monoisotopic (exact) mass is 1990 g/mol. The summed E-state index contributed by atoms with van der Waals surface area (Å²) >= 11 is 0. The van der Waals surface area contributed by atoms with Gasteiger partial charge in [0, 0.05) is 103 Å². The van der Waals surface area contributed by atoms with Crippen LogP contribution >= 0.6 is 0 Å². The lowest BCUT2D eigenvalue weighted by molar-refractivity contribution is -0.132. The molecule has 3 aromatic carbocycles. The number of hydrogen-bond acceptors (Lipinski definition) is 15. The number of nitrogens with zero attached hydrogens (tertiary/aromatic N) is 4. The van der Waals surface area contributed by atoms with Crippen molar-refractivity contribution in [2.45, 2.75) is 480 Å². The number of carbonyl (C=O) groups is 10. The summed E-state index contributed by atoms with van der Waals surface area (Å²) in [5, 5.41) is 5.97. The first-order chi connectivity index (χ1) is 69.4. The number of hydrazine groups is 2. The van der Waals surface area contributed by atoms with Crippen molar-refractivity contribution in [3.63, 3.8) is 0 Å². The molecule has 6 N–H and O–H groups in total. The molecule has 0 heterocycles. The zero-order chi connectivity index (χ0) is 103. The Bertz CT molecular complexity index is 3540. The van der Waals surface area contributed by atoms with Crippen molar-refractivity contribution in [2.24, 2.45) is 0 Å². The lowest BCUT2D eigenvalue weighted by Crippen LogP contribution is -2.43. The van der Waals surface area contributed by atoms with Gasteiger partial charge in [-0.25, -0.2) is 0 Å². The van der Waals surface area contributed by atoms with E-state index in [9.17, 15) is 47.9 Å². The maximum atomic E-state index is 14.9. The van der Waals surface area contributed by atoms with Crippen molar-refractivity contribution < 1.29 is 71.6 Å². The highest BCUT2D eigenvalue weighted by molar-refractivity contribution is 6.08. The van der Waals surface area contributed by atoms with Gasteiger partial charge in [0.05, 0.1) is 66.9 Å². The second kappa shape index (κ2) is 86.6. The van der Waals surface area contributed by atoms with Gasteiger partial charge in [-0.1, -0.05) is 345 Å². The molecule has 3 aromatic rings. The van der Waals surface area contributed by atoms with Gasteiger partial charge in [0.1, 0.15) is 28.7 Å². The first-order valence-electron chi connectivity index (χ1n) is 57.8. The summed E-state index contributed by atoms with van der Waals surface area (Å²) in [5.74, 6) is -3.89. The van der Waals surface area contributed by atoms with Gasteiger partial charge in [-0.05, 0) is 140 Å². The summed E-state index contributed by atoms with van der Waals surface area (Å²) in [7, 11) is 1.27. The standard InChI is InChI=1S/C117H202N10O15/c1-12-22-32-40-48-60-81-124(82-61-49-41-33-23-13-2)107(128)75-56-68-89-139-103-95-105(141-91-70-58-77-109(130)126(85-64-52-44-36-26-16-5)86-65-53-45-37-27-17-6)101(93-99(103)112(132)118-79-30-20-9)116(136)122-120-114(134)97-73-72-74-98(111(97)138-11)115(135)121-123-117(137)102-94-100(113(133)119-80-31-21-10)104(140-90-69-57-76-108(129)125(83-62-50-42-34-24-14-3)84-63-51-43-35-25-15-4)96-106(102)142-92-71-59-78-110(131)127(87-66-54-46-38-28-18-7)88-67-55-47-39-29-19-8/h72-74,93-96H,12-71,75-92H2,1-11H3,(H,118,132)(H,119,133)(H,120,134)(H,121,135)(H,122,136)(H,123,137). The quantitative estimate of drug-likeness (QED) is 0.0226. The van der Waals surface area contributed by atoms with Crippen molar-refractivity contribution in [3.05, 3.63) is 75.8 Å². The smallest absolute Gasteiger partial charge is 0.273 e. The number of nitrogens with one attached hydrogen (secondary N) is 6. The minimum Gasteiger partial charge on any atom is -0.495 e. The molecule has 0 unspecified atom stereocenters. The topological polar surface area (TPSA) is 302 Å². The van der Waals surface area contributed by atoms with Crippen molar-refractivity contribution in [3.8, 4) is 28.7 Å². The second-order valence-corrected chi connectivity index (χ2v) is 39.5. The average Bonchev–Trinajstić information content (AvgIpc) is 0.808. The van der Waals surface area contributed by atoms with Crippen LogP contribution in [0.15, 0.2) is 42.5 Å². The summed E-state index contributed by atoms with van der Waals surface area (Å²) in [5.41, 5.74) is 9.49. The molecule has 25 heteroatoms. The maximum Gasteiger partial charge on any atom is 0.273 e. The Hall–Kier alpha value is -8.64. The van der Waals surface area contributed by atoms with Crippen molar-refractivity contribution in [1.82, 2.24) is 51.9 Å². The van der Waals surface area contributed by atoms with Gasteiger partial charge >= 0.3 is 0 Å². The summed E-state index contributed by atoms with van der Waals surface area (Å²) in [6.45, 7) is 28.7. The van der Waals surface area contributed by atoms with Crippen LogP contribution in [-0.4, -0.2) is 178 Å². The Morgan fingerprint density at radius 3 is 0.613 bits per heavy atom. The van der Waals surface area contributed by atoms with E-state index >= 15 is 0 Å². The Kier molecular flexibility index (Phi) is 77.8. The van der Waals surface area contributed by atoms with E-state index in [1.165, 1.54) is 204 Å². The van der Waals surface area contributed by atoms with E-state index in [4.69, 9.17) is 23.7 Å². The Morgan fingerprint density at radius 1 is 0.218 bits per heavy atom. The summed E-state index contributed by atoms with van der Waals surface area (Å²) in [6, 6.07) is 10.0. The normalized spacial score (nSPS) is 11.1. The predicted octanol–water partition coefficient (Wildman–Crippen LogP) is 27.3. The Morgan fingerprint density at radius 2 is 0.408 bits per heavy atom. The first-order valence-corrected chi connectivity index (χ1v) is 57.8. The highest BCUT2D eigenvalue weighted by atomic mass is 16.5. The number of methoxy groups -OCH3 is 1. The number of para-hydroxylation sites is 1. The zero-order valence-electron chi connectivity index (χ0n) is 91.6. The third kappa shape index (κ3) is 58.5. The van der Waals surface area contributed by atoms with Crippen molar-refractivity contribution >= 4 is 59.1 Å². The molecule has 25 nitrogen and oxygen atoms in total. The summed E-state index contributed by atoms with van der Waals surface area (Å²) < 4.78 is 31.9. The molecule has 810 valence electrons. The summed E-state index contributed by atoms with van der Waals surface area (Å²) in [6.07, 6.45) is 62.7. The molecule has 0 aliphatic heterocycles. The van der Waals surface area contributed by atoms with E-state index in [-0.39, 0.29) is 112 Å². The highest BCUT2D eigenvalue weighted by Crippen LogP contribution is 2.34. The van der Waals surface area contributed by atoms with Crippen LogP contribution < -0.4 is 56.0 Å². The van der Waals surface area contributed by atoms with Crippen LogP contribution in [0.2, 0.25) is 0 Å². The molecule has 0 aliphatic carbocycles. The molecule has 0 spiro atoms. The molecule has 142 heavy (non-hydrogen) atoms. The predicted molar refractivity (Wildman–Crippen MR) is 581 cm³/mol. The van der Waals surface area contributed by atoms with Gasteiger partial charge in [-0.3, -0.25) is 69.6 Å². The van der Waals surface area contributed by atoms with E-state index in [1.54, 1.807) is 0 Å². The maximum absolute atomic E-state index is 14.9. The largest absolute Gasteiger partial charge is 0.495 e. The van der Waals surface area contributed by atoms with Crippen LogP contribution in [0.5, 0.6) is 28.7 Å². The molecule has 0 atom stereocenters. The summed E-state index contributed by atoms with van der Waals surface area (Å²) in [4.78, 5) is 152. The molecule has 0 saturated carbocycles. The molecule has 0 radical (unpaired) electrons. The van der Waals surface area contributed by atoms with Crippen LogP contribution in [0, 0.1) is 0 Å². The van der Waals surface area contributed by atoms with Crippen LogP contribution in [0.25, 0.3) is 0 Å². The van der Waals surface area contributed by atoms with Crippen LogP contribution in [0.3, 0.4) is 0 Å². The van der Waals surface area contributed by atoms with Gasteiger partial charge < -0.3 is 53.9 Å². The minimum atomic E-state index is -0.906. The third-order valence-electron chi connectivity index (χ3n) is 26.9. The SMILES string of the molecule is CCCCCCCCN(CCCCCCCC)C(=O)CCCCOc1cc(OCCCCC(=O)N(CCCCCCCC)CCCCCCCC)c(C(=O)NNC(=O)c2cccc(C(=O)NNC(=O)c3cc(C(=O)NCCCC)c(OCCCCC(=O)N(CCCCCCCC)CCCCCCCC)cc3OCCCCC(=O)N(CCCCCCCC)CCCCCCCC)c2OC)cc1C(=O)NCCCC. The highest BCUT2D eigenvalue weighted by Gasteiger charge is 2.29. The minimum absolute atomic E-state index is 0.0435. The Labute approximate surface area is 861 Å². The average molecular weight is 1990 g/mol. The lowest BCUT2D eigenvalue weighted by Gasteiger charge is -2.23. The molecule has 0 saturated heterocycles. The number of unbranched alkanes of at least 4 members (excludes halogenated alkanes) is 46. The number of carbonyl (C=O) groups excluding carboxylic acids is 10.